The number of ketones is 1. The fraction of sp³-hybridized carbons (Fsp3) is 0.680. The largest absolute Gasteiger partial charge is 0.396 e. The van der Waals surface area contributed by atoms with E-state index in [0.717, 1.165) is 36.7 Å². The van der Waals surface area contributed by atoms with E-state index in [4.69, 9.17) is 0 Å². The van der Waals surface area contributed by atoms with Crippen LogP contribution >= 0.6 is 0 Å². The third kappa shape index (κ3) is 3.29. The number of rotatable bonds is 4. The number of hydrogen-bond donors (Lipinski definition) is 2. The number of fused-ring (bicyclic) bond motifs is 3. The van der Waals surface area contributed by atoms with Gasteiger partial charge in [0, 0.05) is 22.8 Å². The molecule has 0 aromatic rings. The first-order valence-electron chi connectivity index (χ1n) is 10.9. The molecular formula is C25H36O4. The van der Waals surface area contributed by atoms with Gasteiger partial charge in [0.2, 0.25) is 0 Å². The summed E-state index contributed by atoms with van der Waals surface area (Å²) in [6, 6.07) is 0. The van der Waals surface area contributed by atoms with Gasteiger partial charge in [-0.15, -0.1) is 0 Å². The second-order valence-electron chi connectivity index (χ2n) is 10.4. The van der Waals surface area contributed by atoms with E-state index >= 15 is 0 Å². The van der Waals surface area contributed by atoms with Gasteiger partial charge in [0.15, 0.2) is 5.78 Å². The molecule has 3 saturated carbocycles. The minimum Gasteiger partial charge on any atom is -0.396 e. The number of aldehydes is 1. The van der Waals surface area contributed by atoms with Crippen LogP contribution in [0.25, 0.3) is 0 Å². The number of aliphatic hydroxyl groups is 2. The van der Waals surface area contributed by atoms with Gasteiger partial charge in [-0.2, -0.15) is 0 Å². The molecule has 4 heteroatoms. The fourth-order valence-electron chi connectivity index (χ4n) is 7.08. The lowest BCUT2D eigenvalue weighted by molar-refractivity contribution is -0.178. The summed E-state index contributed by atoms with van der Waals surface area (Å²) in [7, 11) is 0. The SMILES string of the molecule is CC(/C=C/C=C(\C)C=O)=C1/C(=O)C[C@H]2[C@@]3(C)CC[C@@H](O)[C@](C)(CO)[C@@H]3CC[C@]12C. The van der Waals surface area contributed by atoms with Gasteiger partial charge in [0.25, 0.3) is 0 Å². The number of Topliss-reactive ketones (excluding diaryl/α,β-unsaturated/α-hetero) is 1. The predicted octanol–water partition coefficient (Wildman–Crippen LogP) is 4.17. The molecular weight excluding hydrogens is 364 g/mol. The van der Waals surface area contributed by atoms with E-state index in [1.165, 1.54) is 0 Å². The third-order valence-corrected chi connectivity index (χ3v) is 8.69. The maximum atomic E-state index is 13.2. The van der Waals surface area contributed by atoms with Crippen LogP contribution in [0.2, 0.25) is 0 Å². The Balaban J connectivity index is 2.01. The minimum atomic E-state index is -0.504. The predicted molar refractivity (Wildman–Crippen MR) is 114 cm³/mol. The van der Waals surface area contributed by atoms with Crippen LogP contribution in [-0.2, 0) is 9.59 Å². The molecule has 0 saturated heterocycles. The van der Waals surface area contributed by atoms with Crippen molar-refractivity contribution >= 4 is 12.1 Å². The van der Waals surface area contributed by atoms with Crippen LogP contribution < -0.4 is 0 Å². The van der Waals surface area contributed by atoms with Crippen LogP contribution in [0.15, 0.2) is 34.9 Å². The highest BCUT2D eigenvalue weighted by atomic mass is 16.3. The minimum absolute atomic E-state index is 0.0152. The zero-order valence-electron chi connectivity index (χ0n) is 18.5. The van der Waals surface area contributed by atoms with Crippen LogP contribution in [0.1, 0.15) is 66.7 Å². The number of aliphatic hydroxyl groups excluding tert-OH is 2. The Kier molecular flexibility index (Phi) is 5.83. The first kappa shape index (κ1) is 22.2. The molecule has 3 aliphatic rings. The summed E-state index contributed by atoms with van der Waals surface area (Å²) in [6.07, 6.45) is 9.83. The number of carbonyl (C=O) groups excluding carboxylic acids is 2. The zero-order valence-corrected chi connectivity index (χ0v) is 18.5. The Morgan fingerprint density at radius 1 is 1.14 bits per heavy atom. The maximum Gasteiger partial charge on any atom is 0.160 e. The Hall–Kier alpha value is -1.52. The molecule has 0 radical (unpaired) electrons. The molecule has 0 amide bonds. The molecule has 4 nitrogen and oxygen atoms in total. The monoisotopic (exact) mass is 400 g/mol. The molecule has 0 aromatic heterocycles. The number of hydrogen-bond acceptors (Lipinski definition) is 4. The van der Waals surface area contributed by atoms with Gasteiger partial charge in [0.1, 0.15) is 6.29 Å². The molecule has 0 aliphatic heterocycles. The summed E-state index contributed by atoms with van der Waals surface area (Å²) < 4.78 is 0. The van der Waals surface area contributed by atoms with Gasteiger partial charge < -0.3 is 10.2 Å². The molecule has 160 valence electrons. The van der Waals surface area contributed by atoms with Crippen LogP contribution in [0, 0.1) is 28.1 Å². The van der Waals surface area contributed by atoms with E-state index < -0.39 is 11.5 Å². The van der Waals surface area contributed by atoms with E-state index in [0.29, 0.717) is 18.4 Å². The van der Waals surface area contributed by atoms with Crippen LogP contribution in [-0.4, -0.2) is 35.0 Å². The van der Waals surface area contributed by atoms with Crippen molar-refractivity contribution in [1.82, 2.24) is 0 Å². The highest BCUT2D eigenvalue weighted by Gasteiger charge is 2.65. The second kappa shape index (κ2) is 7.63. The lowest BCUT2D eigenvalue weighted by Crippen LogP contribution is -2.59. The fourth-order valence-corrected chi connectivity index (χ4v) is 7.08. The molecule has 0 aromatic carbocycles. The van der Waals surface area contributed by atoms with E-state index in [2.05, 4.69) is 13.8 Å². The van der Waals surface area contributed by atoms with Gasteiger partial charge in [-0.05, 0) is 67.9 Å². The van der Waals surface area contributed by atoms with Crippen molar-refractivity contribution in [2.75, 3.05) is 6.61 Å². The second-order valence-corrected chi connectivity index (χ2v) is 10.4. The molecule has 29 heavy (non-hydrogen) atoms. The highest BCUT2D eigenvalue weighted by Crippen LogP contribution is 2.69. The normalized spacial score (nSPS) is 44.6. The van der Waals surface area contributed by atoms with E-state index in [9.17, 15) is 19.8 Å². The molecule has 0 heterocycles. The van der Waals surface area contributed by atoms with Crippen molar-refractivity contribution in [2.45, 2.75) is 72.8 Å². The van der Waals surface area contributed by atoms with Crippen molar-refractivity contribution in [2.24, 2.45) is 28.1 Å². The summed E-state index contributed by atoms with van der Waals surface area (Å²) in [4.78, 5) is 24.0. The number of carbonyl (C=O) groups is 2. The standard InChI is InChI=1S/C25H36O4/c1-16(14-26)7-6-8-17(2)22-18(28)13-20-23(3)12-10-21(29)25(5,15-27)19(23)9-11-24(20,22)4/h6-8,14,19-21,27,29H,9-13,15H2,1-5H3/b8-6+,16-7+,22-17+/t19-,20+,21-,23+,24+,25-/m1/s1. The molecule has 0 unspecified atom stereocenters. The lowest BCUT2D eigenvalue weighted by Gasteiger charge is -2.62. The van der Waals surface area contributed by atoms with Crippen molar-refractivity contribution in [3.63, 3.8) is 0 Å². The molecule has 0 spiro atoms. The van der Waals surface area contributed by atoms with Crippen LogP contribution in [0.3, 0.4) is 0 Å². The summed E-state index contributed by atoms with van der Waals surface area (Å²) in [6.45, 7) is 10.3. The highest BCUT2D eigenvalue weighted by molar-refractivity contribution is 6.00. The summed E-state index contributed by atoms with van der Waals surface area (Å²) in [5.41, 5.74) is 1.82. The Morgan fingerprint density at radius 2 is 1.83 bits per heavy atom. The smallest absolute Gasteiger partial charge is 0.160 e. The zero-order chi connectivity index (χ0) is 21.6. The van der Waals surface area contributed by atoms with Crippen LogP contribution in [0.5, 0.6) is 0 Å². The van der Waals surface area contributed by atoms with Gasteiger partial charge in [-0.25, -0.2) is 0 Å². The molecule has 3 rings (SSSR count). The third-order valence-electron chi connectivity index (χ3n) is 8.69. The molecule has 3 fully saturated rings. The van der Waals surface area contributed by atoms with Crippen molar-refractivity contribution in [3.8, 4) is 0 Å². The van der Waals surface area contributed by atoms with Crippen molar-refractivity contribution in [1.29, 1.82) is 0 Å². The van der Waals surface area contributed by atoms with Crippen molar-refractivity contribution < 1.29 is 19.8 Å². The number of allylic oxidation sites excluding steroid dienone is 6. The summed E-state index contributed by atoms with van der Waals surface area (Å²) >= 11 is 0. The van der Waals surface area contributed by atoms with Crippen molar-refractivity contribution in [3.05, 3.63) is 34.9 Å². The van der Waals surface area contributed by atoms with Crippen LogP contribution in [0.4, 0.5) is 0 Å². The average Bonchev–Trinajstić information content (AvgIpc) is 2.96. The molecule has 3 aliphatic carbocycles. The molecule has 6 atom stereocenters. The topological polar surface area (TPSA) is 74.6 Å². The quantitative estimate of drug-likeness (QED) is 0.422. The lowest BCUT2D eigenvalue weighted by atomic mass is 9.43. The maximum absolute atomic E-state index is 13.2. The Bertz CT molecular complexity index is 791. The summed E-state index contributed by atoms with van der Waals surface area (Å²) in [5.74, 6) is 0.669. The van der Waals surface area contributed by atoms with Gasteiger partial charge in [-0.1, -0.05) is 39.0 Å². The Morgan fingerprint density at radius 3 is 2.45 bits per heavy atom. The van der Waals surface area contributed by atoms with E-state index in [1.807, 2.05) is 26.0 Å². The van der Waals surface area contributed by atoms with Gasteiger partial charge >= 0.3 is 0 Å². The first-order valence-corrected chi connectivity index (χ1v) is 10.9. The summed E-state index contributed by atoms with van der Waals surface area (Å²) in [5, 5.41) is 20.8. The van der Waals surface area contributed by atoms with E-state index in [-0.39, 0.29) is 35.1 Å². The first-order chi connectivity index (χ1) is 13.5. The Labute approximate surface area is 174 Å². The average molecular weight is 401 g/mol. The van der Waals surface area contributed by atoms with E-state index in [1.54, 1.807) is 13.0 Å². The molecule has 0 bridgehead atoms. The van der Waals surface area contributed by atoms with Gasteiger partial charge in [0.05, 0.1) is 12.7 Å². The van der Waals surface area contributed by atoms with Gasteiger partial charge in [-0.3, -0.25) is 9.59 Å². The molecule has 2 N–H and O–H groups in total.